The number of nitrogens with zero attached hydrogens (tertiary/aromatic N) is 4. The fraction of sp³-hybridized carbons (Fsp3) is 0.352. The van der Waals surface area contributed by atoms with Crippen molar-refractivity contribution in [2.45, 2.75) is 140 Å². The smallest absolute Gasteiger partial charge is 0.429 e. The second-order valence-corrected chi connectivity index (χ2v) is 25.9. The Morgan fingerprint density at radius 2 is 0.667 bits per heavy atom. The Morgan fingerprint density at radius 3 is 1.06 bits per heavy atom. The molecule has 0 unspecified atom stereocenters. The highest BCUT2D eigenvalue weighted by Crippen LogP contribution is 2.46. The lowest BCUT2D eigenvalue weighted by atomic mass is 9.85. The fourth-order valence-electron chi connectivity index (χ4n) is 10.9. The van der Waals surface area contributed by atoms with E-state index in [1.165, 1.54) is 66.0 Å². The number of alkyl halides is 3. The highest BCUT2D eigenvalue weighted by molar-refractivity contribution is 5.82. The third kappa shape index (κ3) is 14.7. The summed E-state index contributed by atoms with van der Waals surface area (Å²) < 4.78 is 135. The predicted octanol–water partition coefficient (Wildman–Crippen LogP) is 17.8. The van der Waals surface area contributed by atoms with Gasteiger partial charge in [-0.3, -0.25) is 0 Å². The zero-order valence-corrected chi connectivity index (χ0v) is 52.7. The average molecular weight is 1200 g/mol. The number of benzene rings is 7. The predicted molar refractivity (Wildman–Crippen MR) is 328 cm³/mol. The van der Waals surface area contributed by atoms with Gasteiger partial charge < -0.3 is 18.9 Å². The Hall–Kier alpha value is -8.14. The highest BCUT2D eigenvalue weighted by atomic mass is 19.4. The molecule has 11 rings (SSSR count). The molecule has 4 aliphatic heterocycles. The number of halogens is 8. The number of hydrogen-bond donors (Lipinski definition) is 0. The van der Waals surface area contributed by atoms with Crippen molar-refractivity contribution in [2.75, 3.05) is 26.9 Å². The van der Waals surface area contributed by atoms with Crippen LogP contribution in [0.4, 0.5) is 57.9 Å². The summed E-state index contributed by atoms with van der Waals surface area (Å²) in [6.45, 7) is 36.7. The molecule has 0 radical (unpaired) electrons. The molecule has 4 heterocycles. The Labute approximate surface area is 506 Å². The summed E-state index contributed by atoms with van der Waals surface area (Å²) in [4.78, 5) is 0. The quantitative estimate of drug-likeness (QED) is 0.0766. The summed E-state index contributed by atoms with van der Waals surface area (Å²) in [6.07, 6.45) is 1.17. The Morgan fingerprint density at radius 1 is 0.356 bits per heavy atom. The van der Waals surface area contributed by atoms with Gasteiger partial charge in [0.05, 0.1) is 0 Å². The third-order valence-electron chi connectivity index (χ3n) is 15.1. The number of rotatable bonds is 3. The molecule has 0 N–H and O–H groups in total. The first kappa shape index (κ1) is 64.8. The Balaban J connectivity index is 0.000000152. The van der Waals surface area contributed by atoms with Crippen molar-refractivity contribution in [1.82, 2.24) is 0 Å². The van der Waals surface area contributed by atoms with Gasteiger partial charge in [-0.25, -0.2) is 22.0 Å². The number of hydrogen-bond acceptors (Lipinski definition) is 4. The zero-order valence-electron chi connectivity index (χ0n) is 52.7. The minimum absolute atomic E-state index is 0.0712. The van der Waals surface area contributed by atoms with E-state index < -0.39 is 40.8 Å². The van der Waals surface area contributed by atoms with Crippen molar-refractivity contribution in [2.24, 2.45) is 0 Å². The molecular weight excluding hydrogens is 1120 g/mol. The molecule has 0 aromatic heterocycles. The lowest BCUT2D eigenvalue weighted by molar-refractivity contribution is -0.460. The van der Waals surface area contributed by atoms with Crippen molar-refractivity contribution in [3.63, 3.8) is 0 Å². The van der Waals surface area contributed by atoms with E-state index in [2.05, 4.69) is 158 Å². The second-order valence-electron chi connectivity index (χ2n) is 25.9. The van der Waals surface area contributed by atoms with Gasteiger partial charge >= 0.3 is 6.18 Å². The van der Waals surface area contributed by atoms with Crippen molar-refractivity contribution in [3.05, 3.63) is 198 Å². The Kier molecular flexibility index (Phi) is 18.6. The number of aryl methyl sites for hydroxylation is 8. The van der Waals surface area contributed by atoms with Crippen LogP contribution < -0.4 is 18.9 Å². The van der Waals surface area contributed by atoms with Crippen LogP contribution in [0.3, 0.4) is 0 Å². The van der Waals surface area contributed by atoms with E-state index in [1.54, 1.807) is 12.1 Å². The first-order valence-electron chi connectivity index (χ1n) is 28.8. The minimum atomic E-state index is -4.33. The average Bonchev–Trinajstić information content (AvgIpc) is 1.86. The molecule has 4 aliphatic rings. The van der Waals surface area contributed by atoms with Crippen molar-refractivity contribution < 1.29 is 72.4 Å². The summed E-state index contributed by atoms with van der Waals surface area (Å²) in [5, 5.41) is 0. The van der Waals surface area contributed by atoms with Gasteiger partial charge in [-0.1, -0.05) is 122 Å². The van der Waals surface area contributed by atoms with Crippen molar-refractivity contribution >= 4 is 47.6 Å². The van der Waals surface area contributed by atoms with Gasteiger partial charge in [0.2, 0.25) is 28.8 Å². The van der Waals surface area contributed by atoms with E-state index in [-0.39, 0.29) is 35.9 Å². The molecule has 0 spiro atoms. The van der Waals surface area contributed by atoms with Crippen LogP contribution in [-0.4, -0.2) is 76.3 Å². The van der Waals surface area contributed by atoms with E-state index in [4.69, 9.17) is 18.9 Å². The van der Waals surface area contributed by atoms with E-state index in [9.17, 15) is 35.1 Å². The molecule has 7 aromatic carbocycles. The molecule has 0 fully saturated rings. The van der Waals surface area contributed by atoms with Gasteiger partial charge in [-0.15, -0.1) is 0 Å². The standard InChI is InChI=1S/C22H28NO.C19H17F5NO.C19H22NO.C11H11F3NO/c1-14-8-16(3)18(17(4)9-14)12-23-13-24-21-19(22(5,6)7)10-15(2)11-20(21)23;1-9-5-11(19(2,3)4)18-12(6-9)25(8-26-18)7-10-13(20)15(22)17(24)16(23)14(10)21;1-14-10-16(19(2,3)4)18-17(11-14)20(13-21-18)12-15-8-6-5-7-9-15;1-7-3-8(2)10-9(4-7)15(6-16-10)5-11(12,13)14/h8-12H,13H2,1-7H3;5-7H,8H2,1-4H3;5-12H,13H2,1-4H3;3-5H,6H2,1-2H3/q4*+1/b23-12-;25-7-;20-12-;15-5-. The minimum Gasteiger partial charge on any atom is -0.429 e. The first-order valence-corrected chi connectivity index (χ1v) is 28.8. The summed E-state index contributed by atoms with van der Waals surface area (Å²) in [5.74, 6) is -6.76. The van der Waals surface area contributed by atoms with Crippen LogP contribution in [-0.2, 0) is 16.2 Å². The topological polar surface area (TPSA) is 49.0 Å². The molecule has 0 saturated heterocycles. The molecule has 458 valence electrons. The maximum atomic E-state index is 14.0. The van der Waals surface area contributed by atoms with E-state index in [0.717, 1.165) is 44.5 Å². The van der Waals surface area contributed by atoms with E-state index in [0.29, 0.717) is 36.3 Å². The van der Waals surface area contributed by atoms with Crippen LogP contribution in [0.1, 0.15) is 140 Å². The van der Waals surface area contributed by atoms with Crippen LogP contribution in [0, 0.1) is 84.5 Å². The fourth-order valence-corrected chi connectivity index (χ4v) is 10.9. The van der Waals surface area contributed by atoms with Gasteiger partial charge in [0.1, 0.15) is 5.56 Å². The summed E-state index contributed by atoms with van der Waals surface area (Å²) in [7, 11) is 0. The molecule has 0 bridgehead atoms. The largest absolute Gasteiger partial charge is 0.469 e. The third-order valence-corrected chi connectivity index (χ3v) is 15.1. The number of fused-ring (bicyclic) bond motifs is 4. The molecule has 0 saturated carbocycles. The lowest BCUT2D eigenvalue weighted by Gasteiger charge is -2.20. The molecular formula is C71H78F8N4O4+4. The lowest BCUT2D eigenvalue weighted by Crippen LogP contribution is -2.19. The first-order chi connectivity index (χ1) is 40.5. The van der Waals surface area contributed by atoms with E-state index >= 15 is 0 Å². The molecule has 16 heteroatoms. The molecule has 7 aromatic rings. The van der Waals surface area contributed by atoms with Crippen LogP contribution in [0.5, 0.6) is 23.0 Å². The zero-order chi connectivity index (χ0) is 64.0. The number of ether oxygens (including phenoxy) is 4. The SMILES string of the molecule is Cc1cc(C)c(/C=[N+]2/COc3c2cc(C)cc3C(C)(C)C)c(C)c1.Cc1cc(C)c2c(c1)/[N+](=C\C(F)(F)F)CO2.Cc1cc2c(c(C(C)(C)C)c1)OC/[N+]2=C/c1c(F)c(F)c(F)c(F)c1F.Cc1cc2c(c(C(C)(C)C)c1)OC/[N+]2=C/c1ccccc1. The van der Waals surface area contributed by atoms with Crippen LogP contribution in [0.25, 0.3) is 0 Å². The highest BCUT2D eigenvalue weighted by Gasteiger charge is 2.39. The normalized spacial score (nSPS) is 15.9. The molecule has 0 atom stereocenters. The maximum Gasteiger partial charge on any atom is 0.469 e. The monoisotopic (exact) mass is 1200 g/mol. The summed E-state index contributed by atoms with van der Waals surface area (Å²) >= 11 is 0. The van der Waals surface area contributed by atoms with E-state index in [1.807, 2.05) is 59.7 Å². The summed E-state index contributed by atoms with van der Waals surface area (Å²) in [6, 6.07) is 31.0. The molecule has 8 nitrogen and oxygen atoms in total. The maximum absolute atomic E-state index is 14.0. The van der Waals surface area contributed by atoms with Crippen molar-refractivity contribution in [1.29, 1.82) is 0 Å². The summed E-state index contributed by atoms with van der Waals surface area (Å²) in [5.41, 5.74) is 17.3. The molecule has 0 amide bonds. The van der Waals surface area contributed by atoms with Gasteiger partial charge in [-0.2, -0.15) is 31.5 Å². The van der Waals surface area contributed by atoms with Gasteiger partial charge in [-0.05, 0) is 123 Å². The second kappa shape index (κ2) is 24.9. The van der Waals surface area contributed by atoms with Crippen LogP contribution >= 0.6 is 0 Å². The van der Waals surface area contributed by atoms with Crippen LogP contribution in [0.2, 0.25) is 0 Å². The van der Waals surface area contributed by atoms with Gasteiger partial charge in [0.15, 0.2) is 41.9 Å². The molecule has 0 aliphatic carbocycles. The van der Waals surface area contributed by atoms with Crippen molar-refractivity contribution in [3.8, 4) is 23.0 Å². The molecule has 87 heavy (non-hydrogen) atoms. The van der Waals surface area contributed by atoms with Gasteiger partial charge in [0.25, 0.3) is 55.9 Å². The Bertz CT molecular complexity index is 3900. The van der Waals surface area contributed by atoms with Gasteiger partial charge in [0, 0.05) is 52.1 Å². The van der Waals surface area contributed by atoms with Crippen LogP contribution in [0.15, 0.2) is 91.0 Å².